The number of carboxylic acid groups (broad SMARTS) is 1. The molecule has 6 nitrogen and oxygen atoms in total. The number of nitrogens with zero attached hydrogens (tertiary/aromatic N) is 2. The summed E-state index contributed by atoms with van der Waals surface area (Å²) in [6.07, 6.45) is 0.611. The highest BCUT2D eigenvalue weighted by molar-refractivity contribution is 6.29. The fourth-order valence-electron chi connectivity index (χ4n) is 1.27. The summed E-state index contributed by atoms with van der Waals surface area (Å²) in [5, 5.41) is 18.6. The van der Waals surface area contributed by atoms with Crippen molar-refractivity contribution in [1.29, 1.82) is 0 Å². The van der Waals surface area contributed by atoms with Crippen LogP contribution in [0.3, 0.4) is 0 Å². The van der Waals surface area contributed by atoms with Crippen LogP contribution in [0.15, 0.2) is 12.1 Å². The number of aromatic nitrogens is 2. The minimum absolute atomic E-state index is 0.0882. The van der Waals surface area contributed by atoms with E-state index in [2.05, 4.69) is 15.5 Å². The number of carbonyl (C=O) groups is 2. The van der Waals surface area contributed by atoms with Gasteiger partial charge < -0.3 is 10.4 Å². The highest BCUT2D eigenvalue weighted by Gasteiger charge is 2.10. The van der Waals surface area contributed by atoms with Gasteiger partial charge in [0, 0.05) is 13.0 Å². The zero-order valence-electron chi connectivity index (χ0n) is 9.89. The lowest BCUT2D eigenvalue weighted by Crippen LogP contribution is -2.29. The van der Waals surface area contributed by atoms with Gasteiger partial charge in [0.2, 0.25) is 0 Å². The van der Waals surface area contributed by atoms with E-state index in [4.69, 9.17) is 16.7 Å². The van der Waals surface area contributed by atoms with E-state index < -0.39 is 5.97 Å². The fraction of sp³-hybridized carbons (Fsp3) is 0.455. The molecule has 0 aliphatic rings. The first-order chi connectivity index (χ1) is 8.49. The van der Waals surface area contributed by atoms with Gasteiger partial charge in [-0.05, 0) is 24.5 Å². The van der Waals surface area contributed by atoms with Crippen LogP contribution >= 0.6 is 11.6 Å². The van der Waals surface area contributed by atoms with Crippen molar-refractivity contribution in [1.82, 2.24) is 15.5 Å². The summed E-state index contributed by atoms with van der Waals surface area (Å²) in [4.78, 5) is 22.0. The third-order valence-corrected chi connectivity index (χ3v) is 2.53. The SMILES string of the molecule is CC(CCC(=O)O)CNC(=O)c1ccc(Cl)nn1. The van der Waals surface area contributed by atoms with E-state index in [0.717, 1.165) is 0 Å². The number of nitrogens with one attached hydrogen (secondary N) is 1. The maximum Gasteiger partial charge on any atom is 0.303 e. The van der Waals surface area contributed by atoms with Crippen molar-refractivity contribution in [3.63, 3.8) is 0 Å². The van der Waals surface area contributed by atoms with Gasteiger partial charge >= 0.3 is 5.97 Å². The molecule has 1 aromatic heterocycles. The number of amides is 1. The summed E-state index contributed by atoms with van der Waals surface area (Å²) >= 11 is 5.55. The Morgan fingerprint density at radius 3 is 2.72 bits per heavy atom. The van der Waals surface area contributed by atoms with Gasteiger partial charge in [-0.1, -0.05) is 18.5 Å². The molecule has 0 bridgehead atoms. The Hall–Kier alpha value is -1.69. The third kappa shape index (κ3) is 5.09. The number of aliphatic carboxylic acids is 1. The molecule has 0 spiro atoms. The zero-order valence-corrected chi connectivity index (χ0v) is 10.6. The number of hydrogen-bond donors (Lipinski definition) is 2. The summed E-state index contributed by atoms with van der Waals surface area (Å²) in [5.74, 6) is -1.09. The maximum absolute atomic E-state index is 11.6. The van der Waals surface area contributed by atoms with Gasteiger partial charge in [-0.15, -0.1) is 10.2 Å². The molecule has 1 heterocycles. The molecule has 0 fully saturated rings. The Labute approximate surface area is 109 Å². The first-order valence-electron chi connectivity index (χ1n) is 5.48. The molecule has 0 saturated carbocycles. The second kappa shape index (κ2) is 6.90. The molecule has 0 saturated heterocycles. The summed E-state index contributed by atoms with van der Waals surface area (Å²) in [6, 6.07) is 2.96. The molecule has 0 aliphatic carbocycles. The van der Waals surface area contributed by atoms with E-state index in [-0.39, 0.29) is 29.1 Å². The fourth-order valence-corrected chi connectivity index (χ4v) is 1.37. The quantitative estimate of drug-likeness (QED) is 0.815. The van der Waals surface area contributed by atoms with E-state index in [1.807, 2.05) is 6.92 Å². The number of carbonyl (C=O) groups excluding carboxylic acids is 1. The van der Waals surface area contributed by atoms with Crippen LogP contribution in [-0.4, -0.2) is 33.7 Å². The highest BCUT2D eigenvalue weighted by atomic mass is 35.5. The molecule has 7 heteroatoms. The van der Waals surface area contributed by atoms with Crippen molar-refractivity contribution in [2.45, 2.75) is 19.8 Å². The van der Waals surface area contributed by atoms with E-state index in [1.165, 1.54) is 12.1 Å². The lowest BCUT2D eigenvalue weighted by atomic mass is 10.1. The molecule has 98 valence electrons. The van der Waals surface area contributed by atoms with Crippen molar-refractivity contribution in [2.75, 3.05) is 6.54 Å². The molecule has 1 unspecified atom stereocenters. The Morgan fingerprint density at radius 2 is 2.17 bits per heavy atom. The summed E-state index contributed by atoms with van der Waals surface area (Å²) in [6.45, 7) is 2.27. The predicted octanol–water partition coefficient (Wildman–Crippen LogP) is 1.36. The monoisotopic (exact) mass is 271 g/mol. The van der Waals surface area contributed by atoms with Gasteiger partial charge in [0.15, 0.2) is 10.8 Å². The molecule has 0 aromatic carbocycles. The number of halogens is 1. The average Bonchev–Trinajstić information content (AvgIpc) is 2.34. The molecule has 1 rings (SSSR count). The van der Waals surface area contributed by atoms with Crippen LogP contribution in [0, 0.1) is 5.92 Å². The molecule has 1 atom stereocenters. The van der Waals surface area contributed by atoms with Gasteiger partial charge in [0.1, 0.15) is 0 Å². The second-order valence-electron chi connectivity index (χ2n) is 3.99. The van der Waals surface area contributed by atoms with Crippen LogP contribution in [0.5, 0.6) is 0 Å². The standard InChI is InChI=1S/C11H14ClN3O3/c1-7(2-5-10(16)17)6-13-11(18)8-3-4-9(12)15-14-8/h3-4,7H,2,5-6H2,1H3,(H,13,18)(H,16,17). The molecule has 0 radical (unpaired) electrons. The topological polar surface area (TPSA) is 92.2 Å². The first kappa shape index (κ1) is 14.4. The Bertz CT molecular complexity index is 422. The number of rotatable bonds is 6. The van der Waals surface area contributed by atoms with Crippen molar-refractivity contribution < 1.29 is 14.7 Å². The van der Waals surface area contributed by atoms with Crippen LogP contribution in [0.4, 0.5) is 0 Å². The zero-order chi connectivity index (χ0) is 13.5. The van der Waals surface area contributed by atoms with E-state index in [0.29, 0.717) is 13.0 Å². The molecule has 1 amide bonds. The maximum atomic E-state index is 11.6. The Morgan fingerprint density at radius 1 is 1.44 bits per heavy atom. The predicted molar refractivity (Wildman–Crippen MR) is 65.4 cm³/mol. The van der Waals surface area contributed by atoms with Crippen molar-refractivity contribution in [3.8, 4) is 0 Å². The Balaban J connectivity index is 2.36. The van der Waals surface area contributed by atoms with Crippen molar-refractivity contribution >= 4 is 23.5 Å². The van der Waals surface area contributed by atoms with Crippen LogP contribution in [0.1, 0.15) is 30.3 Å². The normalized spacial score (nSPS) is 11.9. The van der Waals surface area contributed by atoms with Gasteiger partial charge in [0.05, 0.1) is 0 Å². The average molecular weight is 272 g/mol. The van der Waals surface area contributed by atoms with Crippen molar-refractivity contribution in [2.24, 2.45) is 5.92 Å². The van der Waals surface area contributed by atoms with Crippen LogP contribution < -0.4 is 5.32 Å². The summed E-state index contributed by atoms with van der Waals surface area (Å²) in [7, 11) is 0. The number of hydrogen-bond acceptors (Lipinski definition) is 4. The van der Waals surface area contributed by atoms with E-state index >= 15 is 0 Å². The lowest BCUT2D eigenvalue weighted by molar-refractivity contribution is -0.137. The minimum Gasteiger partial charge on any atom is -0.481 e. The van der Waals surface area contributed by atoms with Gasteiger partial charge in [-0.25, -0.2) is 0 Å². The summed E-state index contributed by atoms with van der Waals surface area (Å²) < 4.78 is 0. The minimum atomic E-state index is -0.836. The third-order valence-electron chi connectivity index (χ3n) is 2.33. The van der Waals surface area contributed by atoms with Gasteiger partial charge in [-0.2, -0.15) is 0 Å². The lowest BCUT2D eigenvalue weighted by Gasteiger charge is -2.10. The van der Waals surface area contributed by atoms with Gasteiger partial charge in [0.25, 0.3) is 5.91 Å². The molecular weight excluding hydrogens is 258 g/mol. The van der Waals surface area contributed by atoms with Crippen molar-refractivity contribution in [3.05, 3.63) is 23.0 Å². The number of carboxylic acids is 1. The first-order valence-corrected chi connectivity index (χ1v) is 5.86. The molecule has 18 heavy (non-hydrogen) atoms. The largest absolute Gasteiger partial charge is 0.481 e. The highest BCUT2D eigenvalue weighted by Crippen LogP contribution is 2.05. The second-order valence-corrected chi connectivity index (χ2v) is 4.38. The smallest absolute Gasteiger partial charge is 0.303 e. The molecule has 2 N–H and O–H groups in total. The van der Waals surface area contributed by atoms with E-state index in [9.17, 15) is 9.59 Å². The Kier molecular flexibility index (Phi) is 5.51. The molecular formula is C11H14ClN3O3. The van der Waals surface area contributed by atoms with Crippen LogP contribution in [0.2, 0.25) is 5.15 Å². The van der Waals surface area contributed by atoms with Gasteiger partial charge in [-0.3, -0.25) is 9.59 Å². The van der Waals surface area contributed by atoms with E-state index in [1.54, 1.807) is 0 Å². The molecule has 1 aromatic rings. The van der Waals surface area contributed by atoms with Crippen LogP contribution in [-0.2, 0) is 4.79 Å². The molecule has 0 aliphatic heterocycles. The van der Waals surface area contributed by atoms with Crippen LogP contribution in [0.25, 0.3) is 0 Å². The summed E-state index contributed by atoms with van der Waals surface area (Å²) in [5.41, 5.74) is 0.185.